The number of anilines is 1. The van der Waals surface area contributed by atoms with Crippen molar-refractivity contribution in [1.82, 2.24) is 24.8 Å². The maximum atomic E-state index is 13.5. The van der Waals surface area contributed by atoms with E-state index in [1.807, 2.05) is 0 Å². The number of ketones is 1. The van der Waals surface area contributed by atoms with E-state index >= 15 is 0 Å². The molecule has 0 saturated carbocycles. The molecule has 0 spiro atoms. The fourth-order valence-electron chi connectivity index (χ4n) is 4.22. The predicted molar refractivity (Wildman–Crippen MR) is 153 cm³/mol. The lowest BCUT2D eigenvalue weighted by Gasteiger charge is -2.49. The molecule has 0 bridgehead atoms. The van der Waals surface area contributed by atoms with Gasteiger partial charge in [0.15, 0.2) is 5.13 Å². The Hall–Kier alpha value is -4.32. The van der Waals surface area contributed by atoms with Gasteiger partial charge in [0.25, 0.3) is 17.7 Å². The van der Waals surface area contributed by atoms with Crippen LogP contribution in [0.2, 0.25) is 0 Å². The van der Waals surface area contributed by atoms with Gasteiger partial charge in [0.05, 0.1) is 17.1 Å². The number of thiazole rings is 1. The van der Waals surface area contributed by atoms with Crippen molar-refractivity contribution < 1.29 is 53.6 Å². The van der Waals surface area contributed by atoms with Crippen molar-refractivity contribution in [2.45, 2.75) is 42.1 Å². The standard InChI is InChI=1S/C23H22N8O11S3/c24-11-3-4-14(33)40-22(37,17(11)34)23(38,39)41-20(36)16-9(1-2-10-7-45-30-29-10)6-43-19-15(18(35)31(16)19)27-12(32)5-26-42-13-8-44-21(25)28-13/h1-2,5,7-8,11,15,19,37-39H,3-4,6,24H2,(H2,25,28)(H,27,32)/b2-1-,26-5-. The van der Waals surface area contributed by atoms with Crippen molar-refractivity contribution in [3.8, 4) is 5.88 Å². The minimum Gasteiger partial charge on any atom is -0.417 e. The van der Waals surface area contributed by atoms with Crippen LogP contribution >= 0.6 is 34.6 Å². The van der Waals surface area contributed by atoms with Crippen molar-refractivity contribution in [3.63, 3.8) is 0 Å². The van der Waals surface area contributed by atoms with E-state index in [4.69, 9.17) is 21.0 Å². The van der Waals surface area contributed by atoms with Crippen molar-refractivity contribution in [2.24, 2.45) is 10.9 Å². The number of nitrogens with one attached hydrogen (secondary N) is 1. The molecule has 19 nitrogen and oxygen atoms in total. The van der Waals surface area contributed by atoms with Gasteiger partial charge in [0.1, 0.15) is 23.3 Å². The molecule has 3 aliphatic heterocycles. The van der Waals surface area contributed by atoms with Gasteiger partial charge in [-0.2, -0.15) is 4.98 Å². The summed E-state index contributed by atoms with van der Waals surface area (Å²) in [5.74, 6) is -13.9. The second-order valence-electron chi connectivity index (χ2n) is 9.41. The normalized spacial score (nSPS) is 25.6. The molecule has 5 heterocycles. The van der Waals surface area contributed by atoms with Crippen LogP contribution in [0.15, 0.2) is 33.3 Å². The summed E-state index contributed by atoms with van der Waals surface area (Å²) < 4.78 is 13.0. The van der Waals surface area contributed by atoms with Crippen LogP contribution in [0, 0.1) is 0 Å². The lowest BCUT2D eigenvalue weighted by molar-refractivity contribution is -0.426. The summed E-state index contributed by atoms with van der Waals surface area (Å²) in [7, 11) is 0. The number of cyclic esters (lactones) is 1. The number of aromatic nitrogens is 3. The molecule has 2 aromatic heterocycles. The Bertz CT molecular complexity index is 1620. The first-order valence-electron chi connectivity index (χ1n) is 12.6. The van der Waals surface area contributed by atoms with Gasteiger partial charge in [-0.1, -0.05) is 15.7 Å². The van der Waals surface area contributed by atoms with Gasteiger partial charge in [-0.25, -0.2) is 4.79 Å². The molecule has 0 aliphatic carbocycles. The Morgan fingerprint density at radius 2 is 2.04 bits per heavy atom. The zero-order valence-corrected chi connectivity index (χ0v) is 24.9. The fourth-order valence-corrected chi connectivity index (χ4v) is 6.42. The number of ether oxygens (including phenoxy) is 2. The van der Waals surface area contributed by atoms with Gasteiger partial charge < -0.3 is 46.4 Å². The number of carbonyl (C=O) groups excluding carboxylic acids is 5. The van der Waals surface area contributed by atoms with E-state index in [2.05, 4.69) is 29.8 Å². The number of allylic oxidation sites excluding steroid dienone is 1. The summed E-state index contributed by atoms with van der Waals surface area (Å²) in [5, 5.41) is 44.1. The van der Waals surface area contributed by atoms with Gasteiger partial charge in [-0.3, -0.25) is 24.1 Å². The fraction of sp³-hybridized carbons (Fsp3) is 0.348. The molecule has 0 radical (unpaired) electrons. The van der Waals surface area contributed by atoms with Gasteiger partial charge in [-0.05, 0) is 29.6 Å². The minimum absolute atomic E-state index is 0.0225. The smallest absolute Gasteiger partial charge is 0.402 e. The Kier molecular flexibility index (Phi) is 8.97. The van der Waals surface area contributed by atoms with Gasteiger partial charge in [-0.15, -0.1) is 28.2 Å². The molecule has 4 unspecified atom stereocenters. The summed E-state index contributed by atoms with van der Waals surface area (Å²) in [4.78, 5) is 73.4. The number of esters is 2. The zero-order chi connectivity index (χ0) is 32.5. The minimum atomic E-state index is -4.14. The predicted octanol–water partition coefficient (Wildman–Crippen LogP) is -2.59. The van der Waals surface area contributed by atoms with Crippen LogP contribution in [0.3, 0.4) is 0 Å². The third-order valence-corrected chi connectivity index (χ3v) is 8.88. The molecule has 5 rings (SSSR count). The number of nitrogens with two attached hydrogens (primary N) is 2. The third-order valence-electron chi connectivity index (χ3n) is 6.41. The lowest BCUT2D eigenvalue weighted by atomic mass is 10.00. The second-order valence-corrected chi connectivity index (χ2v) is 12.0. The zero-order valence-electron chi connectivity index (χ0n) is 22.5. The number of hydrogen-bond donors (Lipinski definition) is 6. The number of oxime groups is 1. The topological polar surface area (TPSA) is 292 Å². The van der Waals surface area contributed by atoms with Crippen LogP contribution in [0.4, 0.5) is 5.13 Å². The second kappa shape index (κ2) is 12.6. The Morgan fingerprint density at radius 3 is 2.73 bits per heavy atom. The molecule has 2 amide bonds. The van der Waals surface area contributed by atoms with Crippen molar-refractivity contribution in [3.05, 3.63) is 33.8 Å². The molecule has 22 heteroatoms. The summed E-state index contributed by atoms with van der Waals surface area (Å²) in [6.07, 6.45) is 2.86. The molecule has 2 aromatic rings. The van der Waals surface area contributed by atoms with Crippen LogP contribution in [0.1, 0.15) is 18.5 Å². The number of amides is 2. The molecule has 238 valence electrons. The largest absolute Gasteiger partial charge is 0.417 e. The summed E-state index contributed by atoms with van der Waals surface area (Å²) >= 11 is 3.27. The number of carbonyl (C=O) groups is 5. The van der Waals surface area contributed by atoms with E-state index < -0.39 is 70.9 Å². The maximum absolute atomic E-state index is 13.5. The quantitative estimate of drug-likeness (QED) is 0.0520. The van der Waals surface area contributed by atoms with E-state index in [-0.39, 0.29) is 28.8 Å². The van der Waals surface area contributed by atoms with E-state index in [0.29, 0.717) is 5.69 Å². The van der Waals surface area contributed by atoms with Crippen LogP contribution in [-0.4, -0.2) is 106 Å². The number of fused-ring (bicyclic) bond motifs is 1. The molecule has 0 aromatic carbocycles. The van der Waals surface area contributed by atoms with Crippen LogP contribution in [0.5, 0.6) is 5.88 Å². The van der Waals surface area contributed by atoms with Crippen molar-refractivity contribution >= 4 is 81.6 Å². The number of nitrogen functional groups attached to an aromatic ring is 1. The molecule has 3 aliphatic rings. The van der Waals surface area contributed by atoms with Crippen LogP contribution in [-0.2, 0) is 33.4 Å². The van der Waals surface area contributed by atoms with E-state index in [1.54, 1.807) is 5.38 Å². The highest BCUT2D eigenvalue weighted by Crippen LogP contribution is 2.42. The SMILES string of the molecule is Nc1nc(O/N=C\C(=O)NC2C(=O)N3C(C(=O)OC(O)(O)C4(O)OC(=O)CCC(N)C4=O)=C(/C=C\c4csnn4)CSC23)cs1. The number of rotatable bonds is 9. The first-order valence-corrected chi connectivity index (χ1v) is 15.3. The summed E-state index contributed by atoms with van der Waals surface area (Å²) in [5.41, 5.74) is 11.1. The monoisotopic (exact) mass is 682 g/mol. The first-order chi connectivity index (χ1) is 21.3. The number of thioether (sulfide) groups is 1. The molecule has 2 fully saturated rings. The average Bonchev–Trinajstić information content (AvgIpc) is 3.65. The Morgan fingerprint density at radius 1 is 1.27 bits per heavy atom. The van der Waals surface area contributed by atoms with Crippen molar-refractivity contribution in [1.29, 1.82) is 0 Å². The van der Waals surface area contributed by atoms with Crippen LogP contribution in [0.25, 0.3) is 6.08 Å². The number of hydrogen-bond acceptors (Lipinski definition) is 20. The molecular weight excluding hydrogens is 660 g/mol. The Balaban J connectivity index is 1.37. The van der Waals surface area contributed by atoms with Crippen LogP contribution < -0.4 is 21.6 Å². The van der Waals surface area contributed by atoms with Gasteiger partial charge in [0, 0.05) is 17.6 Å². The van der Waals surface area contributed by atoms with Crippen molar-refractivity contribution in [2.75, 3.05) is 11.5 Å². The molecular formula is C23H22N8O11S3. The number of nitrogens with zero attached hydrogens (tertiary/aromatic N) is 5. The number of β-lactam (4-membered cyclic amide) rings is 1. The number of Topliss-reactive ketones (excluding diaryl/α,β-unsaturated/α-hetero) is 1. The van der Waals surface area contributed by atoms with Gasteiger partial charge in [0.2, 0.25) is 5.78 Å². The van der Waals surface area contributed by atoms with E-state index in [9.17, 15) is 39.3 Å². The highest BCUT2D eigenvalue weighted by molar-refractivity contribution is 8.00. The average molecular weight is 683 g/mol. The maximum Gasteiger partial charge on any atom is 0.402 e. The molecule has 4 atom stereocenters. The lowest BCUT2D eigenvalue weighted by Crippen LogP contribution is -2.71. The third kappa shape index (κ3) is 6.42. The molecule has 2 saturated heterocycles. The van der Waals surface area contributed by atoms with E-state index in [1.165, 1.54) is 17.5 Å². The number of aliphatic hydroxyl groups is 3. The highest BCUT2D eigenvalue weighted by atomic mass is 32.2. The van der Waals surface area contributed by atoms with Gasteiger partial charge >= 0.3 is 23.7 Å². The van der Waals surface area contributed by atoms with E-state index in [0.717, 1.165) is 45.7 Å². The summed E-state index contributed by atoms with van der Waals surface area (Å²) in [6, 6.07) is -2.74. The Labute approximate surface area is 263 Å². The molecule has 8 N–H and O–H groups in total. The first kappa shape index (κ1) is 32.1. The highest BCUT2D eigenvalue weighted by Gasteiger charge is 2.65. The molecule has 45 heavy (non-hydrogen) atoms. The summed E-state index contributed by atoms with van der Waals surface area (Å²) in [6.45, 7) is 0.